The number of amides is 3. The van der Waals surface area contributed by atoms with Crippen LogP contribution < -0.4 is 16.4 Å². The third-order valence-electron chi connectivity index (χ3n) is 2.04. The second-order valence-electron chi connectivity index (χ2n) is 2.94. The molecule has 1 atom stereocenters. The number of halogens is 1. The summed E-state index contributed by atoms with van der Waals surface area (Å²) in [6, 6.07) is -0.445. The maximum absolute atomic E-state index is 11.3. The van der Waals surface area contributed by atoms with Crippen molar-refractivity contribution in [2.24, 2.45) is 5.73 Å². The Morgan fingerprint density at radius 3 is 2.38 bits per heavy atom. The summed E-state index contributed by atoms with van der Waals surface area (Å²) in [5.41, 5.74) is 4.58. The molecule has 0 aromatic heterocycles. The smallest absolute Gasteiger partial charge is 0.322 e. The molecule has 0 spiro atoms. The van der Waals surface area contributed by atoms with Crippen molar-refractivity contribution in [3.8, 4) is 0 Å². The van der Waals surface area contributed by atoms with Crippen LogP contribution in [-0.2, 0) is 4.79 Å². The summed E-state index contributed by atoms with van der Waals surface area (Å²) in [7, 11) is 0. The lowest BCUT2D eigenvalue weighted by molar-refractivity contribution is -0.123. The van der Waals surface area contributed by atoms with Crippen molar-refractivity contribution in [1.29, 1.82) is 0 Å². The molecule has 1 rings (SSSR count). The minimum atomic E-state index is -0.855. The normalized spacial score (nSPS) is 26.3. The topological polar surface area (TPSA) is 84.2 Å². The molecule has 6 heteroatoms. The lowest BCUT2D eigenvalue weighted by atomic mass is 9.94. The van der Waals surface area contributed by atoms with Gasteiger partial charge in [0.25, 0.3) is 5.91 Å². The van der Waals surface area contributed by atoms with Crippen LogP contribution in [0, 0.1) is 0 Å². The van der Waals surface area contributed by atoms with E-state index in [1.54, 1.807) is 0 Å². The molecule has 13 heavy (non-hydrogen) atoms. The Labute approximate surface area is 82.8 Å². The molecule has 0 aliphatic carbocycles. The molecule has 1 unspecified atom stereocenters. The van der Waals surface area contributed by atoms with Crippen LogP contribution in [0.2, 0.25) is 0 Å². The highest BCUT2D eigenvalue weighted by molar-refractivity contribution is 6.07. The lowest BCUT2D eigenvalue weighted by Gasteiger charge is -2.22. The van der Waals surface area contributed by atoms with E-state index < -0.39 is 11.6 Å². The monoisotopic (exact) mass is 207 g/mol. The van der Waals surface area contributed by atoms with E-state index in [0.29, 0.717) is 6.42 Å². The van der Waals surface area contributed by atoms with Crippen molar-refractivity contribution < 1.29 is 9.59 Å². The van der Waals surface area contributed by atoms with Crippen molar-refractivity contribution in [2.45, 2.75) is 25.3 Å². The lowest BCUT2D eigenvalue weighted by Crippen LogP contribution is -2.52. The van der Waals surface area contributed by atoms with Crippen LogP contribution in [0.3, 0.4) is 0 Å². The number of carbonyl (C=O) groups excluding carboxylic acids is 2. The van der Waals surface area contributed by atoms with Gasteiger partial charge in [-0.3, -0.25) is 10.1 Å². The summed E-state index contributed by atoms with van der Waals surface area (Å²) >= 11 is 0. The molecular weight excluding hydrogens is 194 g/mol. The average molecular weight is 208 g/mol. The highest BCUT2D eigenvalue weighted by Gasteiger charge is 2.43. The second-order valence-corrected chi connectivity index (χ2v) is 2.94. The van der Waals surface area contributed by atoms with Gasteiger partial charge in [-0.1, -0.05) is 13.3 Å². The molecule has 1 heterocycles. The molecule has 0 radical (unpaired) electrons. The van der Waals surface area contributed by atoms with Crippen LogP contribution >= 0.6 is 12.4 Å². The van der Waals surface area contributed by atoms with Crippen molar-refractivity contribution >= 4 is 24.3 Å². The highest BCUT2D eigenvalue weighted by Crippen LogP contribution is 2.15. The van der Waals surface area contributed by atoms with E-state index in [0.717, 1.165) is 6.42 Å². The average Bonchev–Trinajstić information content (AvgIpc) is 2.28. The van der Waals surface area contributed by atoms with E-state index in [-0.39, 0.29) is 24.9 Å². The summed E-state index contributed by atoms with van der Waals surface area (Å²) < 4.78 is 0. The van der Waals surface area contributed by atoms with E-state index in [9.17, 15) is 9.59 Å². The van der Waals surface area contributed by atoms with Gasteiger partial charge in [0, 0.05) is 6.54 Å². The molecule has 0 aromatic carbocycles. The van der Waals surface area contributed by atoms with Crippen molar-refractivity contribution in [1.82, 2.24) is 10.6 Å². The van der Waals surface area contributed by atoms with Crippen molar-refractivity contribution in [2.75, 3.05) is 6.54 Å². The van der Waals surface area contributed by atoms with Crippen LogP contribution in [0.15, 0.2) is 0 Å². The summed E-state index contributed by atoms with van der Waals surface area (Å²) in [4.78, 5) is 22.1. The van der Waals surface area contributed by atoms with Crippen LogP contribution in [0.25, 0.3) is 0 Å². The molecule has 1 saturated heterocycles. The molecule has 1 fully saturated rings. The number of rotatable bonds is 3. The first kappa shape index (κ1) is 12.2. The summed E-state index contributed by atoms with van der Waals surface area (Å²) in [5, 5.41) is 4.72. The van der Waals surface area contributed by atoms with Crippen molar-refractivity contribution in [3.63, 3.8) is 0 Å². The van der Waals surface area contributed by atoms with Gasteiger partial charge < -0.3 is 11.1 Å². The van der Waals surface area contributed by atoms with Crippen molar-refractivity contribution in [3.05, 3.63) is 0 Å². The van der Waals surface area contributed by atoms with Crippen LogP contribution in [0.4, 0.5) is 4.79 Å². The number of nitrogens with one attached hydrogen (secondary N) is 2. The molecule has 76 valence electrons. The number of carbonyl (C=O) groups is 2. The third-order valence-corrected chi connectivity index (χ3v) is 2.04. The number of nitrogens with two attached hydrogens (primary N) is 1. The van der Waals surface area contributed by atoms with Gasteiger partial charge in [0.1, 0.15) is 5.54 Å². The standard InChI is InChI=1S/C7H13N3O2.ClH/c1-2-3-7(4-8)5(11)9-6(12)10-7;/h2-4,8H2,1H3,(H2,9,10,11,12);1H. The van der Waals surface area contributed by atoms with Gasteiger partial charge in [0.2, 0.25) is 0 Å². The number of imide groups is 1. The fourth-order valence-corrected chi connectivity index (χ4v) is 1.38. The van der Waals surface area contributed by atoms with Crippen LogP contribution in [0.5, 0.6) is 0 Å². The zero-order valence-electron chi connectivity index (χ0n) is 7.42. The first-order chi connectivity index (χ1) is 5.64. The van der Waals surface area contributed by atoms with Gasteiger partial charge in [-0.15, -0.1) is 12.4 Å². The highest BCUT2D eigenvalue weighted by atomic mass is 35.5. The SMILES string of the molecule is CCCC1(CN)NC(=O)NC1=O.Cl. The first-order valence-electron chi connectivity index (χ1n) is 3.98. The Bertz CT molecular complexity index is 222. The zero-order valence-corrected chi connectivity index (χ0v) is 8.24. The van der Waals surface area contributed by atoms with Crippen LogP contribution in [-0.4, -0.2) is 24.0 Å². The molecule has 1 aliphatic rings. The van der Waals surface area contributed by atoms with E-state index in [4.69, 9.17) is 5.73 Å². The Kier molecular flexibility index (Phi) is 4.16. The fourth-order valence-electron chi connectivity index (χ4n) is 1.38. The first-order valence-corrected chi connectivity index (χ1v) is 3.98. The van der Waals surface area contributed by atoms with Gasteiger partial charge >= 0.3 is 6.03 Å². The molecule has 4 N–H and O–H groups in total. The van der Waals surface area contributed by atoms with Gasteiger partial charge in [-0.2, -0.15) is 0 Å². The summed E-state index contributed by atoms with van der Waals surface area (Å²) in [6.07, 6.45) is 1.39. The molecule has 1 aliphatic heterocycles. The maximum Gasteiger partial charge on any atom is 0.322 e. The molecule has 0 saturated carbocycles. The minimum absolute atomic E-state index is 0. The van der Waals surface area contributed by atoms with Gasteiger partial charge in [0.05, 0.1) is 0 Å². The van der Waals surface area contributed by atoms with E-state index in [1.807, 2.05) is 6.92 Å². The predicted molar refractivity (Wildman–Crippen MR) is 50.6 cm³/mol. The van der Waals surface area contributed by atoms with Gasteiger partial charge in [0.15, 0.2) is 0 Å². The fraction of sp³-hybridized carbons (Fsp3) is 0.714. The molecule has 0 bridgehead atoms. The van der Waals surface area contributed by atoms with E-state index in [2.05, 4.69) is 10.6 Å². The van der Waals surface area contributed by atoms with Gasteiger partial charge in [-0.25, -0.2) is 4.79 Å². The summed E-state index contributed by atoms with van der Waals surface area (Å²) in [5.74, 6) is -0.308. The number of urea groups is 1. The summed E-state index contributed by atoms with van der Waals surface area (Å²) in [6.45, 7) is 2.09. The minimum Gasteiger partial charge on any atom is -0.328 e. The Hall–Kier alpha value is -0.810. The molecular formula is C7H14ClN3O2. The Morgan fingerprint density at radius 2 is 2.08 bits per heavy atom. The maximum atomic E-state index is 11.3. The van der Waals surface area contributed by atoms with E-state index >= 15 is 0 Å². The number of hydrogen-bond acceptors (Lipinski definition) is 3. The second kappa shape index (κ2) is 4.43. The number of hydrogen-bond donors (Lipinski definition) is 3. The van der Waals surface area contributed by atoms with Gasteiger partial charge in [-0.05, 0) is 6.42 Å². The third kappa shape index (κ3) is 2.10. The molecule has 5 nitrogen and oxygen atoms in total. The quantitative estimate of drug-likeness (QED) is 0.558. The predicted octanol–water partition coefficient (Wildman–Crippen LogP) is -0.255. The Balaban J connectivity index is 0.00000144. The zero-order chi connectivity index (χ0) is 9.19. The van der Waals surface area contributed by atoms with Crippen LogP contribution in [0.1, 0.15) is 19.8 Å². The molecule has 3 amide bonds. The largest absolute Gasteiger partial charge is 0.328 e. The van der Waals surface area contributed by atoms with E-state index in [1.165, 1.54) is 0 Å². The Morgan fingerprint density at radius 1 is 1.46 bits per heavy atom. The molecule has 0 aromatic rings.